The summed E-state index contributed by atoms with van der Waals surface area (Å²) in [7, 11) is 0. The summed E-state index contributed by atoms with van der Waals surface area (Å²) in [6.07, 6.45) is 5.89. The van der Waals surface area contributed by atoms with E-state index in [2.05, 4.69) is 26.0 Å². The van der Waals surface area contributed by atoms with Crippen molar-refractivity contribution in [1.29, 1.82) is 0 Å². The highest BCUT2D eigenvalue weighted by Crippen LogP contribution is 2.55. The number of aliphatic hydroxyl groups is 1. The van der Waals surface area contributed by atoms with Crippen molar-refractivity contribution in [2.24, 2.45) is 23.2 Å². The molecule has 0 aliphatic heterocycles. The molecule has 2 rings (SSSR count). The summed E-state index contributed by atoms with van der Waals surface area (Å²) < 4.78 is 0. The molecule has 0 aromatic carbocycles. The molecule has 0 amide bonds. The SMILES string of the molecule is C[C@H]1[C@@H]2C=C[C@@H](C2)[C@]1(C)CO. The molecule has 0 aromatic rings. The number of fused-ring (bicyclic) bond motifs is 2. The molecule has 2 bridgehead atoms. The fourth-order valence-corrected chi connectivity index (χ4v) is 2.67. The van der Waals surface area contributed by atoms with E-state index in [0.717, 1.165) is 5.92 Å². The molecule has 0 radical (unpaired) electrons. The molecule has 0 heterocycles. The number of hydrogen-bond donors (Lipinski definition) is 1. The van der Waals surface area contributed by atoms with E-state index in [1.807, 2.05) is 0 Å². The van der Waals surface area contributed by atoms with Crippen molar-refractivity contribution in [3.05, 3.63) is 12.2 Å². The highest BCUT2D eigenvalue weighted by Gasteiger charge is 2.50. The van der Waals surface area contributed by atoms with E-state index in [4.69, 9.17) is 0 Å². The van der Waals surface area contributed by atoms with Gasteiger partial charge in [-0.2, -0.15) is 0 Å². The van der Waals surface area contributed by atoms with Crippen LogP contribution in [0, 0.1) is 23.2 Å². The summed E-state index contributed by atoms with van der Waals surface area (Å²) >= 11 is 0. The van der Waals surface area contributed by atoms with Crippen molar-refractivity contribution in [3.8, 4) is 0 Å². The largest absolute Gasteiger partial charge is 0.396 e. The zero-order valence-electron chi connectivity index (χ0n) is 7.25. The van der Waals surface area contributed by atoms with Gasteiger partial charge in [0.25, 0.3) is 0 Å². The molecule has 1 saturated carbocycles. The third kappa shape index (κ3) is 0.750. The lowest BCUT2D eigenvalue weighted by molar-refractivity contribution is 0.0740. The second-order valence-electron chi connectivity index (χ2n) is 4.34. The molecule has 2 aliphatic rings. The highest BCUT2D eigenvalue weighted by molar-refractivity contribution is 5.16. The van der Waals surface area contributed by atoms with Crippen LogP contribution in [-0.4, -0.2) is 11.7 Å². The zero-order chi connectivity index (χ0) is 8.06. The van der Waals surface area contributed by atoms with Crippen LogP contribution in [0.25, 0.3) is 0 Å². The molecule has 0 saturated heterocycles. The number of rotatable bonds is 1. The van der Waals surface area contributed by atoms with Crippen LogP contribution in [0.1, 0.15) is 20.3 Å². The van der Waals surface area contributed by atoms with E-state index in [9.17, 15) is 5.11 Å². The van der Waals surface area contributed by atoms with Gasteiger partial charge in [-0.25, -0.2) is 0 Å². The maximum Gasteiger partial charge on any atom is 0.0493 e. The quantitative estimate of drug-likeness (QED) is 0.568. The van der Waals surface area contributed by atoms with Crippen LogP contribution in [0.5, 0.6) is 0 Å². The van der Waals surface area contributed by atoms with Gasteiger partial charge in [0.2, 0.25) is 0 Å². The average Bonchev–Trinajstić information content (AvgIpc) is 2.56. The van der Waals surface area contributed by atoms with Crippen molar-refractivity contribution in [3.63, 3.8) is 0 Å². The lowest BCUT2D eigenvalue weighted by Crippen LogP contribution is -2.33. The van der Waals surface area contributed by atoms with Gasteiger partial charge in [-0.15, -0.1) is 0 Å². The van der Waals surface area contributed by atoms with Gasteiger partial charge in [-0.3, -0.25) is 0 Å². The van der Waals surface area contributed by atoms with E-state index >= 15 is 0 Å². The molecule has 4 atom stereocenters. The Bertz CT molecular complexity index is 197. The van der Waals surface area contributed by atoms with Crippen LogP contribution < -0.4 is 0 Å². The molecule has 0 spiro atoms. The molecule has 0 unspecified atom stereocenters. The van der Waals surface area contributed by atoms with Gasteiger partial charge in [0.1, 0.15) is 0 Å². The molecule has 11 heavy (non-hydrogen) atoms. The molecule has 2 aliphatic carbocycles. The number of allylic oxidation sites excluding steroid dienone is 2. The monoisotopic (exact) mass is 152 g/mol. The Kier molecular flexibility index (Phi) is 1.40. The van der Waals surface area contributed by atoms with E-state index in [0.29, 0.717) is 18.4 Å². The Balaban J connectivity index is 2.31. The minimum Gasteiger partial charge on any atom is -0.396 e. The van der Waals surface area contributed by atoms with Crippen molar-refractivity contribution >= 4 is 0 Å². The van der Waals surface area contributed by atoms with Gasteiger partial charge < -0.3 is 5.11 Å². The van der Waals surface area contributed by atoms with Crippen molar-refractivity contribution < 1.29 is 5.11 Å². The van der Waals surface area contributed by atoms with Crippen molar-refractivity contribution in [2.75, 3.05) is 6.61 Å². The van der Waals surface area contributed by atoms with E-state index in [1.54, 1.807) is 0 Å². The smallest absolute Gasteiger partial charge is 0.0493 e. The predicted molar refractivity (Wildman–Crippen MR) is 45.1 cm³/mol. The third-order valence-corrected chi connectivity index (χ3v) is 3.99. The maximum absolute atomic E-state index is 9.28. The van der Waals surface area contributed by atoms with Gasteiger partial charge in [-0.1, -0.05) is 26.0 Å². The first-order chi connectivity index (χ1) is 5.18. The first kappa shape index (κ1) is 7.35. The molecular formula is C10H16O. The van der Waals surface area contributed by atoms with Crippen molar-refractivity contribution in [1.82, 2.24) is 0 Å². The lowest BCUT2D eigenvalue weighted by atomic mass is 9.71. The molecular weight excluding hydrogens is 136 g/mol. The second kappa shape index (κ2) is 2.10. The predicted octanol–water partition coefficient (Wildman–Crippen LogP) is 1.83. The van der Waals surface area contributed by atoms with E-state index in [1.165, 1.54) is 6.42 Å². The van der Waals surface area contributed by atoms with Crippen LogP contribution in [0.2, 0.25) is 0 Å². The first-order valence-electron chi connectivity index (χ1n) is 4.47. The van der Waals surface area contributed by atoms with Gasteiger partial charge in [0.05, 0.1) is 0 Å². The number of aliphatic hydroxyl groups excluding tert-OH is 1. The van der Waals surface area contributed by atoms with Crippen LogP contribution in [0.3, 0.4) is 0 Å². The Morgan fingerprint density at radius 2 is 2.27 bits per heavy atom. The normalized spacial score (nSPS) is 53.9. The topological polar surface area (TPSA) is 20.2 Å². The molecule has 0 aromatic heterocycles. The third-order valence-electron chi connectivity index (χ3n) is 3.99. The molecule has 1 N–H and O–H groups in total. The fraction of sp³-hybridized carbons (Fsp3) is 0.800. The highest BCUT2D eigenvalue weighted by atomic mass is 16.3. The Labute approximate surface area is 68.1 Å². The summed E-state index contributed by atoms with van der Waals surface area (Å²) in [5.74, 6) is 2.06. The van der Waals surface area contributed by atoms with Crippen LogP contribution in [0.15, 0.2) is 12.2 Å². The van der Waals surface area contributed by atoms with E-state index < -0.39 is 0 Å². The summed E-state index contributed by atoms with van der Waals surface area (Å²) in [5.41, 5.74) is 0.180. The fourth-order valence-electron chi connectivity index (χ4n) is 2.67. The Morgan fingerprint density at radius 3 is 2.64 bits per heavy atom. The molecule has 1 nitrogen and oxygen atoms in total. The van der Waals surface area contributed by atoms with Gasteiger partial charge in [-0.05, 0) is 24.2 Å². The van der Waals surface area contributed by atoms with Crippen LogP contribution >= 0.6 is 0 Å². The minimum atomic E-state index is 0.180. The minimum absolute atomic E-state index is 0.180. The van der Waals surface area contributed by atoms with Crippen LogP contribution in [-0.2, 0) is 0 Å². The molecule has 1 heteroatoms. The van der Waals surface area contributed by atoms with Crippen molar-refractivity contribution in [2.45, 2.75) is 20.3 Å². The summed E-state index contributed by atoms with van der Waals surface area (Å²) in [4.78, 5) is 0. The molecule has 1 fully saturated rings. The Hall–Kier alpha value is -0.300. The maximum atomic E-state index is 9.28. The van der Waals surface area contributed by atoms with Gasteiger partial charge >= 0.3 is 0 Å². The summed E-state index contributed by atoms with van der Waals surface area (Å²) in [6, 6.07) is 0. The average molecular weight is 152 g/mol. The second-order valence-corrected chi connectivity index (χ2v) is 4.34. The number of hydrogen-bond acceptors (Lipinski definition) is 1. The van der Waals surface area contributed by atoms with Crippen LogP contribution in [0.4, 0.5) is 0 Å². The van der Waals surface area contributed by atoms with E-state index in [-0.39, 0.29) is 5.41 Å². The van der Waals surface area contributed by atoms with Gasteiger partial charge in [0, 0.05) is 12.0 Å². The lowest BCUT2D eigenvalue weighted by Gasteiger charge is -2.35. The summed E-state index contributed by atoms with van der Waals surface area (Å²) in [6.45, 7) is 4.83. The first-order valence-corrected chi connectivity index (χ1v) is 4.47. The Morgan fingerprint density at radius 1 is 1.55 bits per heavy atom. The van der Waals surface area contributed by atoms with Gasteiger partial charge in [0.15, 0.2) is 0 Å². The molecule has 62 valence electrons. The standard InChI is InChI=1S/C10H16O/c1-7-8-3-4-9(5-8)10(7,2)6-11/h3-4,7-9,11H,5-6H2,1-2H3/t7-,8+,9-,10+/m0/s1. The summed E-state index contributed by atoms with van der Waals surface area (Å²) in [5, 5.41) is 9.28. The zero-order valence-corrected chi connectivity index (χ0v) is 7.25.